The highest BCUT2D eigenvalue weighted by molar-refractivity contribution is 6.32. The number of nitrogens with two attached hydrogens (primary N) is 1. The van der Waals surface area contributed by atoms with Crippen LogP contribution >= 0.6 is 11.6 Å². The summed E-state index contributed by atoms with van der Waals surface area (Å²) in [5.41, 5.74) is 10.0. The average Bonchev–Trinajstić information content (AvgIpc) is 3.22. The maximum Gasteiger partial charge on any atom is 0.379 e. The number of carbonyl (C=O) groups is 1. The second-order valence-electron chi connectivity index (χ2n) is 9.09. The second-order valence-corrected chi connectivity index (χ2v) is 9.50. The summed E-state index contributed by atoms with van der Waals surface area (Å²) >= 11 is 6.25. The number of furan rings is 1. The standard InChI is InChI=1S/C30H25ClN2O5/c1-4-10-35-19-7-5-6-18(12-19)27-21-9-8-20(13-26(21)38-29(33)23(27)15-32)36-30(34)28-17(3)22-14-24(31)16(2)11-25(22)37-28/h5-9,11-14,27H,4,10,33H2,1-3H3. The molecule has 1 aromatic heterocycles. The van der Waals surface area contributed by atoms with Crippen LogP contribution in [0.25, 0.3) is 11.0 Å². The van der Waals surface area contributed by atoms with Gasteiger partial charge >= 0.3 is 5.97 Å². The van der Waals surface area contributed by atoms with Crippen LogP contribution in [0.1, 0.15) is 52.1 Å². The molecule has 5 rings (SSSR count). The molecule has 1 atom stereocenters. The Kier molecular flexibility index (Phi) is 6.75. The Bertz CT molecular complexity index is 1650. The molecular formula is C30H25ClN2O5. The number of hydrogen-bond donors (Lipinski definition) is 1. The first kappa shape index (κ1) is 25.2. The molecule has 192 valence electrons. The van der Waals surface area contributed by atoms with Gasteiger partial charge in [-0.3, -0.25) is 0 Å². The van der Waals surface area contributed by atoms with Crippen LogP contribution in [0.15, 0.2) is 70.5 Å². The van der Waals surface area contributed by atoms with E-state index in [0.29, 0.717) is 45.4 Å². The summed E-state index contributed by atoms with van der Waals surface area (Å²) in [6, 6.07) is 18.3. The van der Waals surface area contributed by atoms with Crippen molar-refractivity contribution in [1.29, 1.82) is 5.26 Å². The van der Waals surface area contributed by atoms with Gasteiger partial charge in [-0.25, -0.2) is 4.79 Å². The molecule has 7 nitrogen and oxygen atoms in total. The van der Waals surface area contributed by atoms with Crippen LogP contribution in [0.5, 0.6) is 17.2 Å². The van der Waals surface area contributed by atoms with Crippen LogP contribution in [-0.2, 0) is 0 Å². The molecule has 0 saturated carbocycles. The molecule has 1 unspecified atom stereocenters. The van der Waals surface area contributed by atoms with Gasteiger partial charge in [-0.2, -0.15) is 5.26 Å². The van der Waals surface area contributed by atoms with Gasteiger partial charge in [-0.05, 0) is 61.7 Å². The molecule has 8 heteroatoms. The zero-order chi connectivity index (χ0) is 27.0. The fourth-order valence-electron chi connectivity index (χ4n) is 4.54. The van der Waals surface area contributed by atoms with Crippen LogP contribution in [0.3, 0.4) is 0 Å². The van der Waals surface area contributed by atoms with Crippen molar-refractivity contribution in [2.24, 2.45) is 5.73 Å². The molecule has 0 bridgehead atoms. The van der Waals surface area contributed by atoms with E-state index in [0.717, 1.165) is 22.9 Å². The normalized spacial score (nSPS) is 14.6. The molecule has 38 heavy (non-hydrogen) atoms. The van der Waals surface area contributed by atoms with E-state index in [-0.39, 0.29) is 17.4 Å². The Hall–Kier alpha value is -4.41. The van der Waals surface area contributed by atoms with E-state index in [1.54, 1.807) is 37.3 Å². The number of nitriles is 1. The third-order valence-corrected chi connectivity index (χ3v) is 6.88. The first-order valence-corrected chi connectivity index (χ1v) is 12.5. The lowest BCUT2D eigenvalue weighted by molar-refractivity contribution is 0.0702. The number of rotatable bonds is 6. The van der Waals surface area contributed by atoms with Crippen LogP contribution in [0.4, 0.5) is 0 Å². The number of esters is 1. The van der Waals surface area contributed by atoms with Crippen LogP contribution in [0, 0.1) is 25.2 Å². The van der Waals surface area contributed by atoms with Gasteiger partial charge in [0.25, 0.3) is 0 Å². The molecule has 3 aromatic carbocycles. The topological polar surface area (TPSA) is 108 Å². The zero-order valence-corrected chi connectivity index (χ0v) is 21.9. The Balaban J connectivity index is 1.47. The summed E-state index contributed by atoms with van der Waals surface area (Å²) in [4.78, 5) is 13.0. The van der Waals surface area contributed by atoms with E-state index < -0.39 is 11.9 Å². The number of hydrogen-bond acceptors (Lipinski definition) is 7. The number of halogens is 1. The van der Waals surface area contributed by atoms with Crippen molar-refractivity contribution in [3.63, 3.8) is 0 Å². The molecule has 0 aliphatic carbocycles. The first-order valence-electron chi connectivity index (χ1n) is 12.2. The van der Waals surface area contributed by atoms with E-state index in [4.69, 9.17) is 36.0 Å². The van der Waals surface area contributed by atoms with Gasteiger partial charge in [-0.15, -0.1) is 0 Å². The Labute approximate surface area is 225 Å². The third-order valence-electron chi connectivity index (χ3n) is 6.47. The number of benzene rings is 3. The number of allylic oxidation sites excluding steroid dienone is 1. The highest BCUT2D eigenvalue weighted by Crippen LogP contribution is 2.44. The quantitative estimate of drug-likeness (QED) is 0.213. The highest BCUT2D eigenvalue weighted by Gasteiger charge is 2.31. The summed E-state index contributed by atoms with van der Waals surface area (Å²) in [6.07, 6.45) is 0.878. The molecule has 4 aromatic rings. The van der Waals surface area contributed by atoms with Crippen molar-refractivity contribution in [2.45, 2.75) is 33.1 Å². The van der Waals surface area contributed by atoms with Gasteiger partial charge in [0.2, 0.25) is 11.6 Å². The van der Waals surface area contributed by atoms with Crippen LogP contribution < -0.4 is 19.9 Å². The minimum Gasteiger partial charge on any atom is -0.494 e. The van der Waals surface area contributed by atoms with Gasteiger partial charge in [-0.1, -0.05) is 36.7 Å². The highest BCUT2D eigenvalue weighted by atomic mass is 35.5. The predicted molar refractivity (Wildman–Crippen MR) is 144 cm³/mol. The zero-order valence-electron chi connectivity index (χ0n) is 21.1. The smallest absolute Gasteiger partial charge is 0.379 e. The Morgan fingerprint density at radius 2 is 1.95 bits per heavy atom. The Morgan fingerprint density at radius 3 is 2.71 bits per heavy atom. The molecule has 1 aliphatic heterocycles. The number of carbonyl (C=O) groups excluding carboxylic acids is 1. The Morgan fingerprint density at radius 1 is 1.13 bits per heavy atom. The number of ether oxygens (including phenoxy) is 3. The average molecular weight is 529 g/mol. The summed E-state index contributed by atoms with van der Waals surface area (Å²) in [7, 11) is 0. The summed E-state index contributed by atoms with van der Waals surface area (Å²) in [5, 5.41) is 11.2. The van der Waals surface area contributed by atoms with Crippen molar-refractivity contribution >= 4 is 28.5 Å². The van der Waals surface area contributed by atoms with Gasteiger partial charge in [0.05, 0.1) is 12.5 Å². The van der Waals surface area contributed by atoms with E-state index in [2.05, 4.69) is 6.07 Å². The number of fused-ring (bicyclic) bond motifs is 2. The molecular weight excluding hydrogens is 504 g/mol. The lowest BCUT2D eigenvalue weighted by atomic mass is 9.83. The second kappa shape index (κ2) is 10.2. The van der Waals surface area contributed by atoms with E-state index in [9.17, 15) is 10.1 Å². The molecule has 0 amide bonds. The van der Waals surface area contributed by atoms with Crippen molar-refractivity contribution in [2.75, 3.05) is 6.61 Å². The molecule has 1 aliphatic rings. The van der Waals surface area contributed by atoms with Crippen molar-refractivity contribution < 1.29 is 23.4 Å². The molecule has 0 spiro atoms. The fourth-order valence-corrected chi connectivity index (χ4v) is 4.70. The monoisotopic (exact) mass is 528 g/mol. The van der Waals surface area contributed by atoms with E-state index >= 15 is 0 Å². The molecule has 0 saturated heterocycles. The first-order chi connectivity index (χ1) is 18.3. The minimum absolute atomic E-state index is 0.00580. The summed E-state index contributed by atoms with van der Waals surface area (Å²) in [6.45, 7) is 6.27. The molecule has 2 heterocycles. The number of nitrogens with zero attached hydrogens (tertiary/aromatic N) is 1. The van der Waals surface area contributed by atoms with E-state index in [1.807, 2.05) is 38.1 Å². The summed E-state index contributed by atoms with van der Waals surface area (Å²) in [5.74, 6) is 0.305. The van der Waals surface area contributed by atoms with Gasteiger partial charge in [0, 0.05) is 27.6 Å². The lowest BCUT2D eigenvalue weighted by Crippen LogP contribution is -2.21. The fraction of sp³-hybridized carbons (Fsp3) is 0.200. The molecule has 2 N–H and O–H groups in total. The van der Waals surface area contributed by atoms with Gasteiger partial charge < -0.3 is 24.4 Å². The predicted octanol–water partition coefficient (Wildman–Crippen LogP) is 6.93. The minimum atomic E-state index is -0.651. The number of aryl methyl sites for hydroxylation is 2. The molecule has 0 fully saturated rings. The van der Waals surface area contributed by atoms with E-state index in [1.165, 1.54) is 0 Å². The maximum atomic E-state index is 13.0. The van der Waals surface area contributed by atoms with Gasteiger partial charge in [0.15, 0.2) is 0 Å². The van der Waals surface area contributed by atoms with Crippen molar-refractivity contribution in [3.05, 3.63) is 99.1 Å². The SMILES string of the molecule is CCCOc1cccc(C2C(C#N)=C(N)Oc3cc(OC(=O)c4oc5cc(C)c(Cl)cc5c4C)ccc32)c1. The van der Waals surface area contributed by atoms with Crippen LogP contribution in [-0.4, -0.2) is 12.6 Å². The lowest BCUT2D eigenvalue weighted by Gasteiger charge is -2.27. The van der Waals surface area contributed by atoms with Gasteiger partial charge in [0.1, 0.15) is 34.5 Å². The molecule has 0 radical (unpaired) electrons. The van der Waals surface area contributed by atoms with Crippen LogP contribution in [0.2, 0.25) is 5.02 Å². The summed E-state index contributed by atoms with van der Waals surface area (Å²) < 4.78 is 23.0. The van der Waals surface area contributed by atoms with Crippen molar-refractivity contribution in [1.82, 2.24) is 0 Å². The largest absolute Gasteiger partial charge is 0.494 e. The maximum absolute atomic E-state index is 13.0. The third kappa shape index (κ3) is 4.55. The van der Waals surface area contributed by atoms with Crippen molar-refractivity contribution in [3.8, 4) is 23.3 Å².